The summed E-state index contributed by atoms with van der Waals surface area (Å²) in [6.07, 6.45) is 1.61. The van der Waals surface area contributed by atoms with Crippen LogP contribution in [0.25, 0.3) is 22.3 Å². The predicted octanol–water partition coefficient (Wildman–Crippen LogP) is 1.81. The van der Waals surface area contributed by atoms with Gasteiger partial charge in [-0.2, -0.15) is 0 Å². The van der Waals surface area contributed by atoms with Crippen LogP contribution in [0.5, 0.6) is 0 Å². The first-order chi connectivity index (χ1) is 6.84. The van der Waals surface area contributed by atoms with E-state index in [0.717, 1.165) is 22.2 Å². The summed E-state index contributed by atoms with van der Waals surface area (Å²) in [7, 11) is 0. The van der Waals surface area contributed by atoms with Gasteiger partial charge in [0.25, 0.3) is 0 Å². The van der Waals surface area contributed by atoms with Gasteiger partial charge < -0.3 is 4.98 Å². The molecule has 4 heteroatoms. The van der Waals surface area contributed by atoms with Gasteiger partial charge in [0.15, 0.2) is 11.3 Å². The lowest BCUT2D eigenvalue weighted by molar-refractivity contribution is 1.31. The molecule has 0 unspecified atom stereocenters. The number of nitrogens with zero attached hydrogens (tertiary/aromatic N) is 3. The number of fused-ring (bicyclic) bond motifs is 2. The van der Waals surface area contributed by atoms with Gasteiger partial charge in [0.1, 0.15) is 0 Å². The molecule has 0 aliphatic heterocycles. The number of aromatic nitrogens is 4. The summed E-state index contributed by atoms with van der Waals surface area (Å²) in [5, 5.41) is 0. The Bertz CT molecular complexity index is 612. The second-order valence-corrected chi connectivity index (χ2v) is 3.24. The molecule has 4 nitrogen and oxygen atoms in total. The van der Waals surface area contributed by atoms with Gasteiger partial charge in [-0.15, -0.1) is 0 Å². The van der Waals surface area contributed by atoms with Gasteiger partial charge in [0, 0.05) is 0 Å². The number of aryl methyl sites for hydroxylation is 1. The third-order valence-electron chi connectivity index (χ3n) is 2.27. The van der Waals surface area contributed by atoms with Gasteiger partial charge in [0.2, 0.25) is 0 Å². The molecule has 0 saturated heterocycles. The highest BCUT2D eigenvalue weighted by Gasteiger charge is 2.04. The second kappa shape index (κ2) is 2.51. The highest BCUT2D eigenvalue weighted by molar-refractivity contribution is 5.84. The molecule has 0 radical (unpaired) electrons. The lowest BCUT2D eigenvalue weighted by Gasteiger charge is -1.98. The normalized spacial score (nSPS) is 11.2. The van der Waals surface area contributed by atoms with Gasteiger partial charge in [-0.1, -0.05) is 12.1 Å². The van der Waals surface area contributed by atoms with E-state index in [1.165, 1.54) is 0 Å². The third-order valence-corrected chi connectivity index (χ3v) is 2.27. The smallest absolute Gasteiger partial charge is 0.197 e. The number of aromatic amines is 1. The van der Waals surface area contributed by atoms with Crippen LogP contribution in [0.3, 0.4) is 0 Å². The van der Waals surface area contributed by atoms with Crippen molar-refractivity contribution in [1.82, 2.24) is 19.9 Å². The van der Waals surface area contributed by atoms with Crippen molar-refractivity contribution in [3.63, 3.8) is 0 Å². The van der Waals surface area contributed by atoms with E-state index >= 15 is 0 Å². The summed E-state index contributed by atoms with van der Waals surface area (Å²) in [5.41, 5.74) is 4.36. The molecule has 1 N–H and O–H groups in total. The molecule has 0 aliphatic rings. The molecule has 14 heavy (non-hydrogen) atoms. The standard InChI is InChI=1S/C10H8N4/c1-6-3-2-4-7-8(6)14-10-9(13-7)11-5-12-10/h2-5H,1H3,(H,11,12,13,14). The van der Waals surface area contributed by atoms with Crippen LogP contribution in [0.1, 0.15) is 5.56 Å². The summed E-state index contributed by atoms with van der Waals surface area (Å²) in [6, 6.07) is 5.96. The van der Waals surface area contributed by atoms with Gasteiger partial charge >= 0.3 is 0 Å². The second-order valence-electron chi connectivity index (χ2n) is 3.24. The Balaban J connectivity index is 2.57. The fraction of sp³-hybridized carbons (Fsp3) is 0.100. The molecular weight excluding hydrogens is 176 g/mol. The quantitative estimate of drug-likeness (QED) is 0.579. The number of H-pyrrole nitrogens is 1. The first-order valence-corrected chi connectivity index (χ1v) is 4.41. The predicted molar refractivity (Wildman–Crippen MR) is 53.9 cm³/mol. The zero-order valence-corrected chi connectivity index (χ0v) is 7.65. The zero-order valence-electron chi connectivity index (χ0n) is 7.65. The first kappa shape index (κ1) is 7.44. The fourth-order valence-electron chi connectivity index (χ4n) is 1.55. The average molecular weight is 184 g/mol. The number of benzene rings is 1. The molecule has 68 valence electrons. The molecule has 3 rings (SSSR count). The van der Waals surface area contributed by atoms with Crippen molar-refractivity contribution in [2.75, 3.05) is 0 Å². The SMILES string of the molecule is Cc1cccc2nc3[nH]cnc3nc12. The first-order valence-electron chi connectivity index (χ1n) is 4.41. The summed E-state index contributed by atoms with van der Waals surface area (Å²) >= 11 is 0. The van der Waals surface area contributed by atoms with E-state index in [2.05, 4.69) is 19.9 Å². The summed E-state index contributed by atoms with van der Waals surface area (Å²) in [5.74, 6) is 0. The van der Waals surface area contributed by atoms with E-state index in [1.54, 1.807) is 6.33 Å². The number of rotatable bonds is 0. The Kier molecular flexibility index (Phi) is 1.33. The summed E-state index contributed by atoms with van der Waals surface area (Å²) in [4.78, 5) is 15.9. The van der Waals surface area contributed by atoms with Crippen LogP contribution in [0.2, 0.25) is 0 Å². The number of imidazole rings is 1. The van der Waals surface area contributed by atoms with Crippen LogP contribution in [-0.4, -0.2) is 19.9 Å². The van der Waals surface area contributed by atoms with Gasteiger partial charge in [-0.25, -0.2) is 15.0 Å². The molecule has 0 atom stereocenters. The van der Waals surface area contributed by atoms with Crippen LogP contribution < -0.4 is 0 Å². The molecule has 0 fully saturated rings. The number of para-hydroxylation sites is 1. The maximum atomic E-state index is 4.43. The van der Waals surface area contributed by atoms with Gasteiger partial charge in [0.05, 0.1) is 17.4 Å². The Morgan fingerprint density at radius 3 is 3.07 bits per heavy atom. The maximum absolute atomic E-state index is 4.43. The highest BCUT2D eigenvalue weighted by Crippen LogP contribution is 2.16. The molecule has 0 aliphatic carbocycles. The Labute approximate surface area is 80.0 Å². The minimum atomic E-state index is 0.673. The van der Waals surface area contributed by atoms with Crippen molar-refractivity contribution in [3.8, 4) is 0 Å². The highest BCUT2D eigenvalue weighted by atomic mass is 15.0. The molecule has 1 aromatic carbocycles. The van der Waals surface area contributed by atoms with E-state index in [9.17, 15) is 0 Å². The van der Waals surface area contributed by atoms with Crippen LogP contribution in [0, 0.1) is 6.92 Å². The maximum Gasteiger partial charge on any atom is 0.197 e. The molecule has 0 spiro atoms. The minimum absolute atomic E-state index is 0.673. The van der Waals surface area contributed by atoms with Crippen molar-refractivity contribution >= 4 is 22.3 Å². The van der Waals surface area contributed by atoms with Crippen molar-refractivity contribution < 1.29 is 0 Å². The molecule has 0 bridgehead atoms. The van der Waals surface area contributed by atoms with E-state index in [0.29, 0.717) is 5.65 Å². The van der Waals surface area contributed by atoms with E-state index in [1.807, 2.05) is 25.1 Å². The number of hydrogen-bond acceptors (Lipinski definition) is 3. The van der Waals surface area contributed by atoms with Crippen LogP contribution in [-0.2, 0) is 0 Å². The lowest BCUT2D eigenvalue weighted by Crippen LogP contribution is -1.88. The number of hydrogen-bond donors (Lipinski definition) is 1. The number of nitrogens with one attached hydrogen (secondary N) is 1. The molecule has 2 aromatic heterocycles. The van der Waals surface area contributed by atoms with Crippen molar-refractivity contribution in [3.05, 3.63) is 30.1 Å². The Morgan fingerprint density at radius 2 is 2.14 bits per heavy atom. The monoisotopic (exact) mass is 184 g/mol. The Morgan fingerprint density at radius 1 is 1.21 bits per heavy atom. The van der Waals surface area contributed by atoms with Gasteiger partial charge in [-0.05, 0) is 18.6 Å². The average Bonchev–Trinajstić information content (AvgIpc) is 2.62. The topological polar surface area (TPSA) is 54.5 Å². The lowest BCUT2D eigenvalue weighted by atomic mass is 10.2. The van der Waals surface area contributed by atoms with Gasteiger partial charge in [-0.3, -0.25) is 0 Å². The molecule has 0 saturated carbocycles. The molecular formula is C10H8N4. The van der Waals surface area contributed by atoms with E-state index in [4.69, 9.17) is 0 Å². The summed E-state index contributed by atoms with van der Waals surface area (Å²) in [6.45, 7) is 2.02. The van der Waals surface area contributed by atoms with Crippen LogP contribution in [0.4, 0.5) is 0 Å². The largest absolute Gasteiger partial charge is 0.328 e. The third kappa shape index (κ3) is 0.907. The van der Waals surface area contributed by atoms with Crippen molar-refractivity contribution in [1.29, 1.82) is 0 Å². The van der Waals surface area contributed by atoms with Crippen LogP contribution >= 0.6 is 0 Å². The minimum Gasteiger partial charge on any atom is -0.328 e. The van der Waals surface area contributed by atoms with E-state index < -0.39 is 0 Å². The zero-order chi connectivity index (χ0) is 9.54. The van der Waals surface area contributed by atoms with Crippen molar-refractivity contribution in [2.24, 2.45) is 0 Å². The van der Waals surface area contributed by atoms with Crippen molar-refractivity contribution in [2.45, 2.75) is 6.92 Å². The fourth-order valence-corrected chi connectivity index (χ4v) is 1.55. The Hall–Kier alpha value is -1.97. The van der Waals surface area contributed by atoms with Crippen LogP contribution in [0.15, 0.2) is 24.5 Å². The molecule has 0 amide bonds. The van der Waals surface area contributed by atoms with E-state index in [-0.39, 0.29) is 0 Å². The molecule has 2 heterocycles. The summed E-state index contributed by atoms with van der Waals surface area (Å²) < 4.78 is 0. The molecule has 3 aromatic rings.